The number of rotatable bonds is 2. The first-order chi connectivity index (χ1) is 8.49. The molecular formula is C16H16Cl2. The Bertz CT molecular complexity index is 522. The van der Waals surface area contributed by atoms with Crippen LogP contribution in [0.1, 0.15) is 33.2 Å². The molecule has 0 heterocycles. The number of aryl methyl sites for hydroxylation is 3. The fraction of sp³-hybridized carbons (Fsp3) is 0.250. The maximum atomic E-state index is 6.60. The van der Waals surface area contributed by atoms with Crippen LogP contribution in [0.2, 0.25) is 5.02 Å². The summed E-state index contributed by atoms with van der Waals surface area (Å²) in [5.74, 6) is 0. The average molecular weight is 279 g/mol. The minimum atomic E-state index is -0.122. The van der Waals surface area contributed by atoms with E-state index in [-0.39, 0.29) is 5.38 Å². The number of alkyl halides is 1. The molecule has 0 bridgehead atoms. The average Bonchev–Trinajstić information content (AvgIpc) is 2.28. The molecule has 0 spiro atoms. The maximum Gasteiger partial charge on any atom is 0.0840 e. The zero-order valence-electron chi connectivity index (χ0n) is 10.8. The van der Waals surface area contributed by atoms with Crippen LogP contribution in [0.15, 0.2) is 36.4 Å². The van der Waals surface area contributed by atoms with Gasteiger partial charge in [0.1, 0.15) is 0 Å². The van der Waals surface area contributed by atoms with Crippen molar-refractivity contribution >= 4 is 23.2 Å². The first-order valence-corrected chi connectivity index (χ1v) is 6.78. The molecule has 2 aromatic rings. The maximum absolute atomic E-state index is 6.60. The zero-order chi connectivity index (χ0) is 13.3. The highest BCUT2D eigenvalue weighted by atomic mass is 35.5. The lowest BCUT2D eigenvalue weighted by Gasteiger charge is -2.16. The van der Waals surface area contributed by atoms with Gasteiger partial charge in [0.15, 0.2) is 0 Å². The minimum Gasteiger partial charge on any atom is -0.113 e. The van der Waals surface area contributed by atoms with Gasteiger partial charge in [0.25, 0.3) is 0 Å². The summed E-state index contributed by atoms with van der Waals surface area (Å²) in [6.45, 7) is 6.23. The molecule has 0 radical (unpaired) electrons. The molecule has 0 saturated heterocycles. The summed E-state index contributed by atoms with van der Waals surface area (Å²) in [6, 6.07) is 12.2. The molecule has 0 amide bonds. The molecule has 1 atom stereocenters. The van der Waals surface area contributed by atoms with E-state index < -0.39 is 0 Å². The Morgan fingerprint density at radius 3 is 1.94 bits per heavy atom. The van der Waals surface area contributed by atoms with E-state index in [2.05, 4.69) is 32.0 Å². The molecule has 2 aromatic carbocycles. The van der Waals surface area contributed by atoms with E-state index >= 15 is 0 Å². The lowest BCUT2D eigenvalue weighted by atomic mass is 9.96. The largest absolute Gasteiger partial charge is 0.113 e. The van der Waals surface area contributed by atoms with Crippen LogP contribution in [0.3, 0.4) is 0 Å². The molecule has 0 fully saturated rings. The highest BCUT2D eigenvalue weighted by Gasteiger charge is 2.15. The van der Waals surface area contributed by atoms with E-state index in [0.29, 0.717) is 0 Å². The topological polar surface area (TPSA) is 0 Å². The standard InChI is InChI=1S/C16H16Cl2/c1-10-4-6-14(11(2)8-10)16(18)15-7-5-13(17)9-12(15)3/h4-9,16H,1-3H3. The molecule has 94 valence electrons. The zero-order valence-corrected chi connectivity index (χ0v) is 12.3. The predicted molar refractivity (Wildman–Crippen MR) is 79.8 cm³/mol. The van der Waals surface area contributed by atoms with Gasteiger partial charge in [0.2, 0.25) is 0 Å². The third kappa shape index (κ3) is 2.71. The van der Waals surface area contributed by atoms with Gasteiger partial charge in [-0.2, -0.15) is 0 Å². The van der Waals surface area contributed by atoms with Crippen molar-refractivity contribution in [2.45, 2.75) is 26.1 Å². The molecule has 0 saturated carbocycles. The van der Waals surface area contributed by atoms with Crippen molar-refractivity contribution in [1.29, 1.82) is 0 Å². The molecule has 2 heteroatoms. The first kappa shape index (κ1) is 13.5. The molecular weight excluding hydrogens is 263 g/mol. The summed E-state index contributed by atoms with van der Waals surface area (Å²) >= 11 is 12.6. The SMILES string of the molecule is Cc1ccc(C(Cl)c2ccc(Cl)cc2C)c(C)c1. The first-order valence-electron chi connectivity index (χ1n) is 5.96. The molecule has 2 rings (SSSR count). The molecule has 0 aliphatic heterocycles. The van der Waals surface area contributed by atoms with Gasteiger partial charge in [0.05, 0.1) is 5.38 Å². The lowest BCUT2D eigenvalue weighted by molar-refractivity contribution is 1.08. The van der Waals surface area contributed by atoms with Crippen molar-refractivity contribution in [3.63, 3.8) is 0 Å². The summed E-state index contributed by atoms with van der Waals surface area (Å²) in [4.78, 5) is 0. The lowest BCUT2D eigenvalue weighted by Crippen LogP contribution is -1.99. The summed E-state index contributed by atoms with van der Waals surface area (Å²) in [6.07, 6.45) is 0. The number of hydrogen-bond acceptors (Lipinski definition) is 0. The monoisotopic (exact) mass is 278 g/mol. The molecule has 0 N–H and O–H groups in total. The molecule has 0 nitrogen and oxygen atoms in total. The van der Waals surface area contributed by atoms with Gasteiger partial charge < -0.3 is 0 Å². The van der Waals surface area contributed by atoms with E-state index in [4.69, 9.17) is 23.2 Å². The van der Waals surface area contributed by atoms with Crippen LogP contribution in [0.25, 0.3) is 0 Å². The van der Waals surface area contributed by atoms with Crippen LogP contribution >= 0.6 is 23.2 Å². The second-order valence-corrected chi connectivity index (χ2v) is 5.60. The number of benzene rings is 2. The van der Waals surface area contributed by atoms with Gasteiger partial charge in [-0.15, -0.1) is 11.6 Å². The van der Waals surface area contributed by atoms with Crippen molar-refractivity contribution in [2.75, 3.05) is 0 Å². The Balaban J connectivity index is 2.44. The Morgan fingerprint density at radius 1 is 0.833 bits per heavy atom. The van der Waals surface area contributed by atoms with Crippen molar-refractivity contribution in [2.24, 2.45) is 0 Å². The predicted octanol–water partition coefficient (Wildman–Crippen LogP) is 5.59. The normalized spacial score (nSPS) is 12.5. The van der Waals surface area contributed by atoms with Gasteiger partial charge in [-0.1, -0.05) is 41.4 Å². The van der Waals surface area contributed by atoms with Crippen LogP contribution in [0.5, 0.6) is 0 Å². The van der Waals surface area contributed by atoms with Gasteiger partial charge in [-0.05, 0) is 55.2 Å². The summed E-state index contributed by atoms with van der Waals surface area (Å²) in [7, 11) is 0. The van der Waals surface area contributed by atoms with Crippen molar-refractivity contribution < 1.29 is 0 Å². The highest BCUT2D eigenvalue weighted by Crippen LogP contribution is 2.34. The second kappa shape index (κ2) is 5.34. The summed E-state index contributed by atoms with van der Waals surface area (Å²) in [5, 5.41) is 0.628. The highest BCUT2D eigenvalue weighted by molar-refractivity contribution is 6.30. The van der Waals surface area contributed by atoms with Gasteiger partial charge in [0, 0.05) is 5.02 Å². The molecule has 0 aromatic heterocycles. The van der Waals surface area contributed by atoms with E-state index in [1.54, 1.807) is 0 Å². The fourth-order valence-electron chi connectivity index (χ4n) is 2.20. The Morgan fingerprint density at radius 2 is 1.39 bits per heavy atom. The summed E-state index contributed by atoms with van der Waals surface area (Å²) in [5.41, 5.74) is 5.89. The third-order valence-electron chi connectivity index (χ3n) is 3.20. The molecule has 1 unspecified atom stereocenters. The van der Waals surface area contributed by atoms with Crippen LogP contribution < -0.4 is 0 Å². The number of hydrogen-bond donors (Lipinski definition) is 0. The second-order valence-electron chi connectivity index (χ2n) is 4.72. The van der Waals surface area contributed by atoms with Gasteiger partial charge >= 0.3 is 0 Å². The molecule has 0 aliphatic rings. The van der Waals surface area contributed by atoms with Crippen molar-refractivity contribution in [3.05, 3.63) is 69.2 Å². The smallest absolute Gasteiger partial charge is 0.0840 e. The third-order valence-corrected chi connectivity index (χ3v) is 3.91. The van der Waals surface area contributed by atoms with E-state index in [1.807, 2.05) is 25.1 Å². The quantitative estimate of drug-likeness (QED) is 0.628. The van der Waals surface area contributed by atoms with E-state index in [0.717, 1.165) is 21.7 Å². The number of halogens is 2. The molecule has 0 aliphatic carbocycles. The minimum absolute atomic E-state index is 0.122. The van der Waals surface area contributed by atoms with Crippen LogP contribution in [0.4, 0.5) is 0 Å². The van der Waals surface area contributed by atoms with Crippen LogP contribution in [-0.4, -0.2) is 0 Å². The van der Waals surface area contributed by atoms with Crippen molar-refractivity contribution in [1.82, 2.24) is 0 Å². The van der Waals surface area contributed by atoms with Crippen LogP contribution in [-0.2, 0) is 0 Å². The fourth-order valence-corrected chi connectivity index (χ4v) is 2.92. The van der Waals surface area contributed by atoms with E-state index in [9.17, 15) is 0 Å². The Kier molecular flexibility index (Phi) is 3.99. The van der Waals surface area contributed by atoms with Gasteiger partial charge in [-0.25, -0.2) is 0 Å². The Hall–Kier alpha value is -0.980. The van der Waals surface area contributed by atoms with E-state index in [1.165, 1.54) is 11.1 Å². The summed E-state index contributed by atoms with van der Waals surface area (Å²) < 4.78 is 0. The van der Waals surface area contributed by atoms with Crippen molar-refractivity contribution in [3.8, 4) is 0 Å². The Labute approximate surface area is 119 Å². The van der Waals surface area contributed by atoms with Gasteiger partial charge in [-0.3, -0.25) is 0 Å². The van der Waals surface area contributed by atoms with Crippen LogP contribution in [0, 0.1) is 20.8 Å². The molecule has 18 heavy (non-hydrogen) atoms.